The number of rotatable bonds is 4. The van der Waals surface area contributed by atoms with Gasteiger partial charge in [0.25, 0.3) is 10.0 Å². The summed E-state index contributed by atoms with van der Waals surface area (Å²) in [5.74, 6) is 0.311. The Labute approximate surface area is 140 Å². The van der Waals surface area contributed by atoms with Crippen LogP contribution in [-0.4, -0.2) is 25.5 Å². The molecule has 0 aliphatic heterocycles. The zero-order valence-corrected chi connectivity index (χ0v) is 14.4. The van der Waals surface area contributed by atoms with Crippen molar-refractivity contribution in [3.8, 4) is 5.75 Å². The van der Waals surface area contributed by atoms with Gasteiger partial charge in [0.05, 0.1) is 23.8 Å². The monoisotopic (exact) mass is 343 g/mol. The Morgan fingerprint density at radius 2 is 1.62 bits per heavy atom. The molecule has 3 aromatic rings. The zero-order chi connectivity index (χ0) is 17.3. The number of nitrogens with zero attached hydrogens (tertiary/aromatic N) is 2. The summed E-state index contributed by atoms with van der Waals surface area (Å²) in [5.41, 5.74) is 3.57. The molecule has 0 saturated heterocycles. The predicted molar refractivity (Wildman–Crippen MR) is 92.8 cm³/mol. The number of fused-ring (bicyclic) bond motifs is 1. The van der Waals surface area contributed by atoms with Crippen LogP contribution in [0.5, 0.6) is 5.75 Å². The second-order valence-corrected chi connectivity index (χ2v) is 7.10. The highest BCUT2D eigenvalue weighted by Crippen LogP contribution is 2.29. The molecule has 24 heavy (non-hydrogen) atoms. The first-order valence-corrected chi connectivity index (χ1v) is 8.78. The smallest absolute Gasteiger partial charge is 0.265 e. The molecule has 0 spiro atoms. The zero-order valence-electron chi connectivity index (χ0n) is 13.6. The van der Waals surface area contributed by atoms with E-state index in [0.717, 1.165) is 11.1 Å². The first-order chi connectivity index (χ1) is 11.4. The van der Waals surface area contributed by atoms with Gasteiger partial charge in [0, 0.05) is 12.4 Å². The van der Waals surface area contributed by atoms with Crippen LogP contribution in [0.25, 0.3) is 11.0 Å². The van der Waals surface area contributed by atoms with Gasteiger partial charge in [0.1, 0.15) is 10.6 Å². The maximum atomic E-state index is 12.8. The van der Waals surface area contributed by atoms with Crippen LogP contribution in [0.15, 0.2) is 47.6 Å². The lowest BCUT2D eigenvalue weighted by molar-refractivity contribution is 0.402. The van der Waals surface area contributed by atoms with E-state index in [1.807, 2.05) is 13.8 Å². The van der Waals surface area contributed by atoms with E-state index >= 15 is 0 Å². The molecule has 1 N–H and O–H groups in total. The molecule has 3 rings (SSSR count). The maximum Gasteiger partial charge on any atom is 0.265 e. The van der Waals surface area contributed by atoms with E-state index in [0.29, 0.717) is 22.5 Å². The third-order valence-electron chi connectivity index (χ3n) is 3.79. The van der Waals surface area contributed by atoms with E-state index in [-0.39, 0.29) is 4.90 Å². The van der Waals surface area contributed by atoms with Crippen molar-refractivity contribution in [2.45, 2.75) is 18.7 Å². The second kappa shape index (κ2) is 6.09. The summed E-state index contributed by atoms with van der Waals surface area (Å²) >= 11 is 0. The first kappa shape index (κ1) is 16.2. The number of benzene rings is 2. The molecule has 1 aromatic heterocycles. The van der Waals surface area contributed by atoms with Gasteiger partial charge in [-0.25, -0.2) is 8.42 Å². The number of sulfonamides is 1. The Morgan fingerprint density at radius 1 is 0.958 bits per heavy atom. The molecular formula is C17H17N3O3S. The average molecular weight is 343 g/mol. The second-order valence-electron chi connectivity index (χ2n) is 5.45. The minimum Gasteiger partial charge on any atom is -0.495 e. The highest BCUT2D eigenvalue weighted by atomic mass is 32.2. The predicted octanol–water partition coefficient (Wildman–Crippen LogP) is 3.06. The Balaban J connectivity index is 2.03. The molecule has 0 aliphatic rings. The van der Waals surface area contributed by atoms with Gasteiger partial charge in [-0.1, -0.05) is 0 Å². The lowest BCUT2D eigenvalue weighted by atomic mass is 10.1. The maximum absolute atomic E-state index is 12.8. The SMILES string of the molecule is COc1cc(C)c(C)cc1S(=O)(=O)Nc1ccc2nccnc2c1. The van der Waals surface area contributed by atoms with E-state index < -0.39 is 10.0 Å². The van der Waals surface area contributed by atoms with E-state index in [2.05, 4.69) is 14.7 Å². The van der Waals surface area contributed by atoms with Crippen LogP contribution in [0.1, 0.15) is 11.1 Å². The fraction of sp³-hybridized carbons (Fsp3) is 0.176. The molecule has 0 aliphatic carbocycles. The van der Waals surface area contributed by atoms with Crippen molar-refractivity contribution in [3.05, 3.63) is 53.9 Å². The third-order valence-corrected chi connectivity index (χ3v) is 5.19. The van der Waals surface area contributed by atoms with E-state index in [4.69, 9.17) is 4.74 Å². The summed E-state index contributed by atoms with van der Waals surface area (Å²) in [6.45, 7) is 3.77. The van der Waals surface area contributed by atoms with Gasteiger partial charge in [0.15, 0.2) is 0 Å². The van der Waals surface area contributed by atoms with Gasteiger partial charge < -0.3 is 4.74 Å². The van der Waals surface area contributed by atoms with Crippen LogP contribution in [0, 0.1) is 13.8 Å². The highest BCUT2D eigenvalue weighted by Gasteiger charge is 2.21. The number of hydrogen-bond acceptors (Lipinski definition) is 5. The molecule has 0 atom stereocenters. The van der Waals surface area contributed by atoms with Crippen LogP contribution in [0.4, 0.5) is 5.69 Å². The third kappa shape index (κ3) is 3.03. The number of methoxy groups -OCH3 is 1. The van der Waals surface area contributed by atoms with E-state index in [1.165, 1.54) is 7.11 Å². The molecule has 0 amide bonds. The van der Waals surface area contributed by atoms with Crippen LogP contribution in [0.3, 0.4) is 0 Å². The lowest BCUT2D eigenvalue weighted by Crippen LogP contribution is -2.14. The molecule has 0 fully saturated rings. The summed E-state index contributed by atoms with van der Waals surface area (Å²) in [4.78, 5) is 8.45. The van der Waals surface area contributed by atoms with Crippen molar-refractivity contribution in [2.24, 2.45) is 0 Å². The van der Waals surface area contributed by atoms with Crippen LogP contribution >= 0.6 is 0 Å². The largest absolute Gasteiger partial charge is 0.495 e. The molecule has 0 saturated carbocycles. The summed E-state index contributed by atoms with van der Waals surface area (Å²) in [7, 11) is -2.33. The van der Waals surface area contributed by atoms with Gasteiger partial charge in [-0.3, -0.25) is 14.7 Å². The van der Waals surface area contributed by atoms with Gasteiger partial charge in [-0.2, -0.15) is 0 Å². The average Bonchev–Trinajstić information content (AvgIpc) is 2.56. The van der Waals surface area contributed by atoms with E-state index in [1.54, 1.807) is 42.7 Å². The molecule has 6 nitrogen and oxygen atoms in total. The number of aromatic nitrogens is 2. The standard InChI is InChI=1S/C17H17N3O3S/c1-11-8-16(23-3)17(9-12(11)2)24(21,22)20-13-4-5-14-15(10-13)19-7-6-18-14/h4-10,20H,1-3H3. The van der Waals surface area contributed by atoms with Crippen molar-refractivity contribution < 1.29 is 13.2 Å². The molecule has 0 radical (unpaired) electrons. The van der Waals surface area contributed by atoms with Crippen molar-refractivity contribution >= 4 is 26.7 Å². The lowest BCUT2D eigenvalue weighted by Gasteiger charge is -2.14. The van der Waals surface area contributed by atoms with Crippen molar-refractivity contribution in [2.75, 3.05) is 11.8 Å². The van der Waals surface area contributed by atoms with Crippen molar-refractivity contribution in [1.82, 2.24) is 9.97 Å². The van der Waals surface area contributed by atoms with Gasteiger partial charge >= 0.3 is 0 Å². The van der Waals surface area contributed by atoms with Gasteiger partial charge in [-0.15, -0.1) is 0 Å². The van der Waals surface area contributed by atoms with Gasteiger partial charge in [-0.05, 0) is 55.3 Å². The fourth-order valence-corrected chi connectivity index (χ4v) is 3.66. The summed E-state index contributed by atoms with van der Waals surface area (Å²) in [6.07, 6.45) is 3.15. The van der Waals surface area contributed by atoms with Crippen molar-refractivity contribution in [3.63, 3.8) is 0 Å². The number of aryl methyl sites for hydroxylation is 2. The molecular weight excluding hydrogens is 326 g/mol. The quantitative estimate of drug-likeness (QED) is 0.787. The van der Waals surface area contributed by atoms with Crippen molar-refractivity contribution in [1.29, 1.82) is 0 Å². The van der Waals surface area contributed by atoms with Crippen LogP contribution in [0.2, 0.25) is 0 Å². The number of hydrogen-bond donors (Lipinski definition) is 1. The van der Waals surface area contributed by atoms with Crippen LogP contribution < -0.4 is 9.46 Å². The minimum atomic E-state index is -3.79. The Hall–Kier alpha value is -2.67. The minimum absolute atomic E-state index is 0.104. The normalized spacial score (nSPS) is 11.5. The topological polar surface area (TPSA) is 81.2 Å². The highest BCUT2D eigenvalue weighted by molar-refractivity contribution is 7.92. The number of ether oxygens (including phenoxy) is 1. The number of anilines is 1. The Kier molecular flexibility index (Phi) is 4.11. The molecule has 2 aromatic carbocycles. The molecule has 0 bridgehead atoms. The Bertz CT molecular complexity index is 1020. The fourth-order valence-electron chi connectivity index (χ4n) is 2.37. The Morgan fingerprint density at radius 3 is 2.33 bits per heavy atom. The van der Waals surface area contributed by atoms with Crippen LogP contribution in [-0.2, 0) is 10.0 Å². The summed E-state index contributed by atoms with van der Waals surface area (Å²) < 4.78 is 33.3. The molecule has 1 heterocycles. The molecule has 7 heteroatoms. The molecule has 124 valence electrons. The molecule has 0 unspecified atom stereocenters. The summed E-state index contributed by atoms with van der Waals surface area (Å²) in [5, 5.41) is 0. The van der Waals surface area contributed by atoms with E-state index in [9.17, 15) is 8.42 Å². The number of nitrogens with one attached hydrogen (secondary N) is 1. The van der Waals surface area contributed by atoms with Gasteiger partial charge in [0.2, 0.25) is 0 Å². The first-order valence-electron chi connectivity index (χ1n) is 7.29. The summed E-state index contributed by atoms with van der Waals surface area (Å²) in [6, 6.07) is 8.35.